The largest absolute Gasteiger partial charge is 0.309 e. The maximum absolute atomic E-state index is 2.45. The fraction of sp³-hybridized carbons (Fsp3) is 0.0870. The van der Waals surface area contributed by atoms with Gasteiger partial charge in [0, 0.05) is 16.5 Å². The maximum atomic E-state index is 2.45. The Morgan fingerprint density at radius 1 is 0.298 bits per heavy atom. The molecule has 0 amide bonds. The summed E-state index contributed by atoms with van der Waals surface area (Å²) in [5.41, 5.74) is 8.45. The number of benzene rings is 8. The van der Waals surface area contributed by atoms with Crippen molar-refractivity contribution in [3.8, 4) is 27.9 Å². The van der Waals surface area contributed by atoms with E-state index < -0.39 is 0 Å². The van der Waals surface area contributed by atoms with Crippen molar-refractivity contribution in [3.63, 3.8) is 0 Å². The van der Waals surface area contributed by atoms with Crippen molar-refractivity contribution in [3.05, 3.63) is 164 Å². The van der Waals surface area contributed by atoms with E-state index in [1.54, 1.807) is 0 Å². The van der Waals surface area contributed by atoms with Crippen LogP contribution in [-0.4, -0.2) is 4.57 Å². The molecule has 1 heteroatoms. The number of para-hydroxylation sites is 1. The average Bonchev–Trinajstić information content (AvgIpc) is 3.49. The second-order valence-electron chi connectivity index (χ2n) is 11.4. The molecule has 0 spiro atoms. The normalized spacial score (nSPS) is 11.0. The van der Waals surface area contributed by atoms with Crippen molar-refractivity contribution >= 4 is 54.1 Å². The summed E-state index contributed by atoms with van der Waals surface area (Å²) in [6.45, 7) is 8.00. The summed E-state index contributed by atoms with van der Waals surface area (Å²) in [7, 11) is 0. The molecule has 0 fully saturated rings. The van der Waals surface area contributed by atoms with E-state index in [-0.39, 0.29) is 0 Å². The summed E-state index contributed by atoms with van der Waals surface area (Å²) in [6, 6.07) is 59.8. The Balaban J connectivity index is 0.000000848. The molecule has 8 aromatic carbocycles. The quantitative estimate of drug-likeness (QED) is 0.177. The van der Waals surface area contributed by atoms with Gasteiger partial charge in [-0.15, -0.1) is 0 Å². The lowest BCUT2D eigenvalue weighted by Gasteiger charge is -2.14. The van der Waals surface area contributed by atoms with Crippen LogP contribution in [0.25, 0.3) is 82.1 Å². The van der Waals surface area contributed by atoms with Gasteiger partial charge in [-0.2, -0.15) is 0 Å². The molecule has 0 N–H and O–H groups in total. The van der Waals surface area contributed by atoms with E-state index in [1.165, 1.54) is 76.4 Å². The molecule has 0 bridgehead atoms. The first-order valence-corrected chi connectivity index (χ1v) is 16.9. The highest BCUT2D eigenvalue weighted by atomic mass is 15.0. The number of nitrogens with zero attached hydrogens (tertiary/aromatic N) is 1. The van der Waals surface area contributed by atoms with Crippen molar-refractivity contribution in [1.82, 2.24) is 4.57 Å². The molecule has 9 rings (SSSR count). The van der Waals surface area contributed by atoms with Gasteiger partial charge >= 0.3 is 0 Å². The molecule has 0 atom stereocenters. The summed E-state index contributed by atoms with van der Waals surface area (Å²) in [4.78, 5) is 0. The molecule has 1 heterocycles. The molecule has 0 aliphatic rings. The Morgan fingerprint density at radius 2 is 0.830 bits per heavy atom. The van der Waals surface area contributed by atoms with Gasteiger partial charge in [0.2, 0.25) is 0 Å². The molecular weight excluding hydrogens is 567 g/mol. The smallest absolute Gasteiger partial charge is 0.0547 e. The highest BCUT2D eigenvalue weighted by Crippen LogP contribution is 2.40. The van der Waals surface area contributed by atoms with E-state index in [0.717, 1.165) is 5.69 Å². The zero-order valence-corrected chi connectivity index (χ0v) is 27.5. The summed E-state index contributed by atoms with van der Waals surface area (Å²) >= 11 is 0. The van der Waals surface area contributed by atoms with Gasteiger partial charge < -0.3 is 4.57 Å². The Hall–Kier alpha value is -5.66. The Morgan fingerprint density at radius 3 is 1.49 bits per heavy atom. The monoisotopic (exact) mass is 605 g/mol. The van der Waals surface area contributed by atoms with Crippen LogP contribution in [0.2, 0.25) is 0 Å². The summed E-state index contributed by atoms with van der Waals surface area (Å²) in [5, 5.41) is 10.3. The van der Waals surface area contributed by atoms with Crippen LogP contribution in [0, 0.1) is 0 Å². The van der Waals surface area contributed by atoms with Crippen LogP contribution >= 0.6 is 0 Å². The maximum Gasteiger partial charge on any atom is 0.0547 e. The van der Waals surface area contributed by atoms with Crippen LogP contribution in [0.4, 0.5) is 0 Å². The molecule has 0 unspecified atom stereocenters. The van der Waals surface area contributed by atoms with E-state index in [2.05, 4.69) is 168 Å². The van der Waals surface area contributed by atoms with Crippen molar-refractivity contribution in [2.45, 2.75) is 27.7 Å². The number of hydrogen-bond donors (Lipinski definition) is 0. The minimum atomic E-state index is 1.16. The van der Waals surface area contributed by atoms with Crippen molar-refractivity contribution < 1.29 is 0 Å². The second-order valence-corrected chi connectivity index (χ2v) is 11.4. The SMILES string of the molecule is CC.CC.c1ccc(-c2cc(-c3ccccc3)cc(-n3c4ccccc4c4cc5c(ccc6c7ccccc7ccc56)cc43)c2)cc1. The van der Waals surface area contributed by atoms with Gasteiger partial charge in [-0.1, -0.05) is 155 Å². The fourth-order valence-electron chi connectivity index (χ4n) is 6.90. The van der Waals surface area contributed by atoms with E-state index in [0.29, 0.717) is 0 Å². The Labute approximate surface area is 277 Å². The molecule has 47 heavy (non-hydrogen) atoms. The lowest BCUT2D eigenvalue weighted by atomic mass is 9.96. The zero-order valence-electron chi connectivity index (χ0n) is 27.5. The first-order valence-electron chi connectivity index (χ1n) is 16.9. The molecule has 1 aromatic heterocycles. The Bertz CT molecular complexity index is 2430. The third-order valence-corrected chi connectivity index (χ3v) is 8.92. The van der Waals surface area contributed by atoms with Gasteiger partial charge in [0.15, 0.2) is 0 Å². The molecule has 0 saturated heterocycles. The summed E-state index contributed by atoms with van der Waals surface area (Å²) in [5.74, 6) is 0. The third kappa shape index (κ3) is 5.24. The highest BCUT2D eigenvalue weighted by molar-refractivity contribution is 6.22. The third-order valence-electron chi connectivity index (χ3n) is 8.92. The lowest BCUT2D eigenvalue weighted by Crippen LogP contribution is -1.96. The van der Waals surface area contributed by atoms with Crippen LogP contribution in [0.1, 0.15) is 27.7 Å². The number of hydrogen-bond acceptors (Lipinski definition) is 0. The van der Waals surface area contributed by atoms with Crippen LogP contribution in [0.3, 0.4) is 0 Å². The van der Waals surface area contributed by atoms with Gasteiger partial charge in [0.05, 0.1) is 11.0 Å². The van der Waals surface area contributed by atoms with Gasteiger partial charge in [-0.25, -0.2) is 0 Å². The van der Waals surface area contributed by atoms with E-state index >= 15 is 0 Å². The molecule has 9 aromatic rings. The van der Waals surface area contributed by atoms with Crippen molar-refractivity contribution in [1.29, 1.82) is 0 Å². The number of rotatable bonds is 3. The molecular formula is C46H39N. The lowest BCUT2D eigenvalue weighted by molar-refractivity contribution is 1.18. The minimum absolute atomic E-state index is 1.16. The van der Waals surface area contributed by atoms with E-state index in [4.69, 9.17) is 0 Å². The summed E-state index contributed by atoms with van der Waals surface area (Å²) in [6.07, 6.45) is 0. The van der Waals surface area contributed by atoms with Gasteiger partial charge in [-0.3, -0.25) is 0 Å². The predicted octanol–water partition coefficient (Wildman–Crippen LogP) is 13.6. The standard InChI is InChI=1S/C42H27N.2C2H6/c1-3-11-28(12-4-1)32-23-33(29-13-5-2-6-14-29)25-34(24-32)43-41-18-10-9-17-38(41)40-27-39-31(26-42(40)43)20-22-36-35-16-8-7-15-30(35)19-21-37(36)39;2*1-2/h1-27H;2*1-2H3. The summed E-state index contributed by atoms with van der Waals surface area (Å²) < 4.78 is 2.45. The van der Waals surface area contributed by atoms with Gasteiger partial charge in [-0.05, 0) is 91.0 Å². The van der Waals surface area contributed by atoms with Crippen LogP contribution < -0.4 is 0 Å². The number of fused-ring (bicyclic) bond motifs is 8. The molecule has 0 aliphatic carbocycles. The molecule has 0 radical (unpaired) electrons. The predicted molar refractivity (Wildman–Crippen MR) is 207 cm³/mol. The van der Waals surface area contributed by atoms with Gasteiger partial charge in [0.1, 0.15) is 0 Å². The van der Waals surface area contributed by atoms with Crippen molar-refractivity contribution in [2.75, 3.05) is 0 Å². The molecule has 228 valence electrons. The van der Waals surface area contributed by atoms with Crippen LogP contribution in [0.5, 0.6) is 0 Å². The van der Waals surface area contributed by atoms with Crippen molar-refractivity contribution in [2.24, 2.45) is 0 Å². The van der Waals surface area contributed by atoms with Gasteiger partial charge in [0.25, 0.3) is 0 Å². The zero-order chi connectivity index (χ0) is 32.3. The number of aromatic nitrogens is 1. The van der Waals surface area contributed by atoms with E-state index in [1.807, 2.05) is 27.7 Å². The molecule has 0 saturated carbocycles. The van der Waals surface area contributed by atoms with Crippen LogP contribution in [-0.2, 0) is 0 Å². The average molecular weight is 606 g/mol. The fourth-order valence-corrected chi connectivity index (χ4v) is 6.90. The topological polar surface area (TPSA) is 4.93 Å². The second kappa shape index (κ2) is 13.0. The first kappa shape index (κ1) is 30.0. The Kier molecular flexibility index (Phi) is 8.29. The van der Waals surface area contributed by atoms with E-state index in [9.17, 15) is 0 Å². The minimum Gasteiger partial charge on any atom is -0.309 e. The molecule has 1 nitrogen and oxygen atoms in total. The highest BCUT2D eigenvalue weighted by Gasteiger charge is 2.16. The first-order chi connectivity index (χ1) is 23.3. The molecule has 0 aliphatic heterocycles. The van der Waals surface area contributed by atoms with Crippen LogP contribution in [0.15, 0.2) is 164 Å².